The molecule has 28 heavy (non-hydrogen) atoms. The van der Waals surface area contributed by atoms with E-state index in [4.69, 9.17) is 0 Å². The lowest BCUT2D eigenvalue weighted by molar-refractivity contribution is 0.0769. The number of carbonyl (C=O) groups is 1. The zero-order valence-electron chi connectivity index (χ0n) is 16.6. The molecule has 2 fully saturated rings. The molecule has 1 aromatic carbocycles. The van der Waals surface area contributed by atoms with Gasteiger partial charge in [-0.1, -0.05) is 17.8 Å². The van der Waals surface area contributed by atoms with Crippen molar-refractivity contribution in [1.82, 2.24) is 20.1 Å². The lowest BCUT2D eigenvalue weighted by atomic mass is 10.1. The fraction of sp³-hybridized carbons (Fsp3) is 0.455. The Kier molecular flexibility index (Phi) is 5.99. The van der Waals surface area contributed by atoms with Crippen LogP contribution in [-0.2, 0) is 0 Å². The number of benzene rings is 1. The number of nitrogens with zero attached hydrogens (tertiary/aromatic N) is 3. The van der Waals surface area contributed by atoms with Crippen LogP contribution < -0.4 is 5.32 Å². The minimum absolute atomic E-state index is 0.108. The monoisotopic (exact) mass is 396 g/mol. The highest BCUT2D eigenvalue weighted by molar-refractivity contribution is 7.99. The molecule has 0 bridgehead atoms. The van der Waals surface area contributed by atoms with E-state index in [0.717, 1.165) is 55.6 Å². The smallest absolute Gasteiger partial charge is 0.256 e. The van der Waals surface area contributed by atoms with Gasteiger partial charge in [0, 0.05) is 56.4 Å². The highest BCUT2D eigenvalue weighted by Gasteiger charge is 2.32. The number of carbonyl (C=O) groups excluding carboxylic acids is 1. The van der Waals surface area contributed by atoms with Crippen LogP contribution in [0.25, 0.3) is 0 Å². The summed E-state index contributed by atoms with van der Waals surface area (Å²) in [4.78, 5) is 23.4. The maximum Gasteiger partial charge on any atom is 0.256 e. The number of likely N-dealkylation sites (tertiary alicyclic amines) is 1. The van der Waals surface area contributed by atoms with Crippen LogP contribution in [0.5, 0.6) is 0 Å². The number of rotatable bonds is 4. The van der Waals surface area contributed by atoms with Crippen LogP contribution >= 0.6 is 11.8 Å². The molecule has 2 aliphatic rings. The molecule has 0 saturated carbocycles. The van der Waals surface area contributed by atoms with Gasteiger partial charge in [0.1, 0.15) is 5.03 Å². The van der Waals surface area contributed by atoms with Crippen molar-refractivity contribution in [2.75, 3.05) is 39.3 Å². The van der Waals surface area contributed by atoms with Gasteiger partial charge in [0.25, 0.3) is 5.91 Å². The average Bonchev–Trinajstić information content (AvgIpc) is 3.22. The van der Waals surface area contributed by atoms with E-state index in [-0.39, 0.29) is 5.91 Å². The molecule has 3 heterocycles. The van der Waals surface area contributed by atoms with Crippen molar-refractivity contribution < 1.29 is 4.79 Å². The summed E-state index contributed by atoms with van der Waals surface area (Å²) in [7, 11) is 0. The maximum atomic E-state index is 13.2. The first kappa shape index (κ1) is 19.4. The van der Waals surface area contributed by atoms with Crippen molar-refractivity contribution in [1.29, 1.82) is 0 Å². The van der Waals surface area contributed by atoms with E-state index in [0.29, 0.717) is 11.6 Å². The van der Waals surface area contributed by atoms with Gasteiger partial charge in [-0.3, -0.25) is 9.69 Å². The second-order valence-electron chi connectivity index (χ2n) is 7.68. The second-order valence-corrected chi connectivity index (χ2v) is 8.75. The lowest BCUT2D eigenvalue weighted by Gasteiger charge is -2.32. The fourth-order valence-corrected chi connectivity index (χ4v) is 4.94. The third-order valence-electron chi connectivity index (χ3n) is 5.81. The number of hydrogen-bond donors (Lipinski definition) is 1. The number of hydrogen-bond acceptors (Lipinski definition) is 5. The predicted octanol–water partition coefficient (Wildman–Crippen LogP) is 2.97. The summed E-state index contributed by atoms with van der Waals surface area (Å²) in [6, 6.07) is 10.7. The molecule has 4 rings (SSSR count). The quantitative estimate of drug-likeness (QED) is 0.861. The number of aryl methyl sites for hydroxylation is 2. The van der Waals surface area contributed by atoms with E-state index >= 15 is 0 Å². The summed E-state index contributed by atoms with van der Waals surface area (Å²) in [5, 5.41) is 4.20. The van der Waals surface area contributed by atoms with Crippen molar-refractivity contribution in [2.45, 2.75) is 36.2 Å². The van der Waals surface area contributed by atoms with E-state index in [1.807, 2.05) is 17.0 Å². The van der Waals surface area contributed by atoms with Gasteiger partial charge in [0.2, 0.25) is 0 Å². The summed E-state index contributed by atoms with van der Waals surface area (Å²) >= 11 is 1.58. The first-order valence-corrected chi connectivity index (χ1v) is 10.9. The molecule has 2 saturated heterocycles. The highest BCUT2D eigenvalue weighted by atomic mass is 32.2. The van der Waals surface area contributed by atoms with E-state index in [1.165, 1.54) is 11.1 Å². The van der Waals surface area contributed by atoms with Crippen molar-refractivity contribution >= 4 is 17.7 Å². The normalized spacial score (nSPS) is 20.5. The summed E-state index contributed by atoms with van der Waals surface area (Å²) < 4.78 is 0. The van der Waals surface area contributed by atoms with Crippen LogP contribution in [0, 0.1) is 13.8 Å². The fourth-order valence-electron chi connectivity index (χ4n) is 3.97. The van der Waals surface area contributed by atoms with Crippen LogP contribution in [-0.4, -0.2) is 66.0 Å². The van der Waals surface area contributed by atoms with E-state index in [2.05, 4.69) is 47.2 Å². The molecule has 1 N–H and O–H groups in total. The number of nitrogens with one attached hydrogen (secondary N) is 1. The van der Waals surface area contributed by atoms with Gasteiger partial charge >= 0.3 is 0 Å². The summed E-state index contributed by atoms with van der Waals surface area (Å²) in [5.74, 6) is 0.108. The summed E-state index contributed by atoms with van der Waals surface area (Å²) in [5.41, 5.74) is 3.25. The van der Waals surface area contributed by atoms with Gasteiger partial charge in [-0.25, -0.2) is 4.98 Å². The van der Waals surface area contributed by atoms with Crippen LogP contribution in [0.3, 0.4) is 0 Å². The Labute approximate surface area is 171 Å². The van der Waals surface area contributed by atoms with Crippen LogP contribution in [0.15, 0.2) is 46.5 Å². The van der Waals surface area contributed by atoms with Gasteiger partial charge in [-0.05, 0) is 55.7 Å². The number of amides is 1. The molecule has 1 aromatic heterocycles. The molecule has 0 aliphatic carbocycles. The third-order valence-corrected chi connectivity index (χ3v) is 6.82. The Morgan fingerprint density at radius 3 is 2.75 bits per heavy atom. The number of pyridine rings is 1. The molecule has 5 nitrogen and oxygen atoms in total. The SMILES string of the molecule is Cc1ccc(Sc2ncccc2C(=O)N2CCC(N3CCNCC3)C2)cc1C. The van der Waals surface area contributed by atoms with Crippen molar-refractivity contribution in [3.05, 3.63) is 53.2 Å². The molecule has 0 spiro atoms. The molecule has 0 radical (unpaired) electrons. The van der Waals surface area contributed by atoms with Crippen LogP contribution in [0.2, 0.25) is 0 Å². The van der Waals surface area contributed by atoms with Gasteiger partial charge in [-0.15, -0.1) is 0 Å². The average molecular weight is 397 g/mol. The summed E-state index contributed by atoms with van der Waals surface area (Å²) in [6.07, 6.45) is 2.83. The second kappa shape index (κ2) is 8.64. The molecule has 6 heteroatoms. The van der Waals surface area contributed by atoms with Crippen molar-refractivity contribution in [3.63, 3.8) is 0 Å². The van der Waals surface area contributed by atoms with Crippen LogP contribution in [0.4, 0.5) is 0 Å². The molecule has 1 atom stereocenters. The first-order valence-electron chi connectivity index (χ1n) is 10.1. The van der Waals surface area contributed by atoms with Crippen LogP contribution in [0.1, 0.15) is 27.9 Å². The Balaban J connectivity index is 1.48. The van der Waals surface area contributed by atoms with Gasteiger partial charge in [-0.2, -0.15) is 0 Å². The standard InChI is InChI=1S/C22H28N4OS/c1-16-5-6-19(14-17(16)2)28-21-20(4-3-8-24-21)22(27)26-11-7-18(15-26)25-12-9-23-10-13-25/h3-6,8,14,18,23H,7,9-13,15H2,1-2H3. The largest absolute Gasteiger partial charge is 0.337 e. The third kappa shape index (κ3) is 4.24. The number of piperazine rings is 1. The minimum atomic E-state index is 0.108. The lowest BCUT2D eigenvalue weighted by Crippen LogP contribution is -2.49. The zero-order chi connectivity index (χ0) is 19.5. The van der Waals surface area contributed by atoms with E-state index < -0.39 is 0 Å². The number of aromatic nitrogens is 1. The molecule has 1 amide bonds. The minimum Gasteiger partial charge on any atom is -0.337 e. The van der Waals surface area contributed by atoms with Crippen molar-refractivity contribution in [3.8, 4) is 0 Å². The topological polar surface area (TPSA) is 48.5 Å². The Hall–Kier alpha value is -1.89. The Bertz CT molecular complexity index is 850. The van der Waals surface area contributed by atoms with Gasteiger partial charge in [0.05, 0.1) is 5.56 Å². The molecular formula is C22H28N4OS. The van der Waals surface area contributed by atoms with E-state index in [1.54, 1.807) is 18.0 Å². The predicted molar refractivity (Wildman–Crippen MR) is 113 cm³/mol. The molecule has 1 unspecified atom stereocenters. The molecule has 148 valence electrons. The highest BCUT2D eigenvalue weighted by Crippen LogP contribution is 2.31. The summed E-state index contributed by atoms with van der Waals surface area (Å²) in [6.45, 7) is 10.1. The Morgan fingerprint density at radius 2 is 1.96 bits per heavy atom. The van der Waals surface area contributed by atoms with Crippen molar-refractivity contribution in [2.24, 2.45) is 0 Å². The van der Waals surface area contributed by atoms with Gasteiger partial charge in [0.15, 0.2) is 0 Å². The zero-order valence-corrected chi connectivity index (χ0v) is 17.5. The molecule has 2 aliphatic heterocycles. The first-order chi connectivity index (χ1) is 13.6. The van der Waals surface area contributed by atoms with Gasteiger partial charge < -0.3 is 10.2 Å². The maximum absolute atomic E-state index is 13.2. The molecular weight excluding hydrogens is 368 g/mol. The Morgan fingerprint density at radius 1 is 1.14 bits per heavy atom. The van der Waals surface area contributed by atoms with E-state index in [9.17, 15) is 4.79 Å². The molecule has 2 aromatic rings.